The molecule has 0 aromatic heterocycles. The van der Waals surface area contributed by atoms with E-state index in [1.54, 1.807) is 13.0 Å². The van der Waals surface area contributed by atoms with Crippen molar-refractivity contribution in [3.63, 3.8) is 0 Å². The van der Waals surface area contributed by atoms with Gasteiger partial charge in [-0.15, -0.1) is 0 Å². The van der Waals surface area contributed by atoms with Crippen LogP contribution in [0.25, 0.3) is 0 Å². The highest BCUT2D eigenvalue weighted by Gasteiger charge is 2.46. The van der Waals surface area contributed by atoms with Gasteiger partial charge in [-0.25, -0.2) is 4.79 Å². The highest BCUT2D eigenvalue weighted by atomic mass is 16.8. The van der Waals surface area contributed by atoms with E-state index in [0.29, 0.717) is 17.6 Å². The van der Waals surface area contributed by atoms with Gasteiger partial charge in [0.05, 0.1) is 25.6 Å². The zero-order chi connectivity index (χ0) is 20.1. The van der Waals surface area contributed by atoms with Crippen LogP contribution in [0.4, 0.5) is 0 Å². The number of hydrogen-bond acceptors (Lipinski definition) is 9. The van der Waals surface area contributed by atoms with Gasteiger partial charge in [0.25, 0.3) is 0 Å². The van der Waals surface area contributed by atoms with Gasteiger partial charge in [0.2, 0.25) is 6.29 Å². The van der Waals surface area contributed by atoms with Crippen molar-refractivity contribution in [2.45, 2.75) is 63.7 Å². The number of aliphatic hydroxyl groups is 4. The molecular weight excluding hydrogens is 360 g/mol. The number of methoxy groups -OCH3 is 1. The fourth-order valence-electron chi connectivity index (χ4n) is 3.31. The lowest BCUT2D eigenvalue weighted by atomic mass is 9.85. The lowest BCUT2D eigenvalue weighted by Gasteiger charge is -2.42. The van der Waals surface area contributed by atoms with Crippen LogP contribution in [0, 0.1) is 5.92 Å². The molecule has 2 aliphatic heterocycles. The van der Waals surface area contributed by atoms with E-state index < -0.39 is 49.6 Å². The molecule has 0 aromatic rings. The van der Waals surface area contributed by atoms with Crippen LogP contribution in [0.3, 0.4) is 0 Å². The number of esters is 1. The first-order chi connectivity index (χ1) is 12.9. The quantitative estimate of drug-likeness (QED) is 0.353. The average molecular weight is 388 g/mol. The van der Waals surface area contributed by atoms with E-state index in [2.05, 4.69) is 0 Å². The molecule has 27 heavy (non-hydrogen) atoms. The number of aliphatic hydroxyl groups excluding tert-OH is 4. The minimum Gasteiger partial charge on any atom is -0.468 e. The molecule has 0 radical (unpaired) electrons. The predicted octanol–water partition coefficient (Wildman–Crippen LogP) is -0.421. The molecule has 0 spiro atoms. The maximum Gasteiger partial charge on any atom is 0.337 e. The lowest BCUT2D eigenvalue weighted by molar-refractivity contribution is -0.327. The Labute approximate surface area is 157 Å². The van der Waals surface area contributed by atoms with Gasteiger partial charge >= 0.3 is 5.97 Å². The molecule has 1 fully saturated rings. The standard InChI is InChI=1S/C18H28O9/c1-4-6-10-9(5-2)17(25-8-11(10)16(23)24-3)27-18-15(22)14(21)13(20)12(7-19)26-18/h5,8,10,12-15,17-22H,4,6-7H2,1-3H3/b9-5+/t10-,12+,13+,14-,15+,17-,18-/m0/s1. The van der Waals surface area contributed by atoms with Gasteiger partial charge in [0.1, 0.15) is 24.4 Å². The SMILES string of the molecule is C/C=C1/[C@H](O[C@@H]2O[C@H](CO)[C@@H](O)[C@H](O)[C@H]2O)OC=C(C(=O)OC)[C@H]1CCC. The van der Waals surface area contributed by atoms with Gasteiger partial charge in [-0.1, -0.05) is 19.4 Å². The van der Waals surface area contributed by atoms with Gasteiger partial charge < -0.3 is 39.4 Å². The molecule has 9 heteroatoms. The second-order valence-corrected chi connectivity index (χ2v) is 6.50. The fourth-order valence-corrected chi connectivity index (χ4v) is 3.31. The summed E-state index contributed by atoms with van der Waals surface area (Å²) in [5.41, 5.74) is 1.01. The normalized spacial score (nSPS) is 38.3. The molecule has 2 heterocycles. The maximum absolute atomic E-state index is 12.0. The van der Waals surface area contributed by atoms with E-state index in [0.717, 1.165) is 6.42 Å². The number of ether oxygens (including phenoxy) is 4. The van der Waals surface area contributed by atoms with Crippen LogP contribution in [0.2, 0.25) is 0 Å². The summed E-state index contributed by atoms with van der Waals surface area (Å²) in [6.07, 6.45) is -3.49. The van der Waals surface area contributed by atoms with Gasteiger partial charge in [-0.3, -0.25) is 0 Å². The Morgan fingerprint density at radius 1 is 1.26 bits per heavy atom. The smallest absolute Gasteiger partial charge is 0.337 e. The van der Waals surface area contributed by atoms with Crippen LogP contribution in [0.1, 0.15) is 26.7 Å². The van der Waals surface area contributed by atoms with Crippen LogP contribution in [0.5, 0.6) is 0 Å². The van der Waals surface area contributed by atoms with Gasteiger partial charge in [-0.05, 0) is 13.3 Å². The molecule has 154 valence electrons. The van der Waals surface area contributed by atoms with Crippen LogP contribution in [-0.4, -0.2) is 77.1 Å². The van der Waals surface area contributed by atoms with E-state index >= 15 is 0 Å². The van der Waals surface area contributed by atoms with Crippen molar-refractivity contribution in [3.05, 3.63) is 23.5 Å². The number of rotatable bonds is 6. The Bertz CT molecular complexity index is 571. The van der Waals surface area contributed by atoms with Crippen LogP contribution < -0.4 is 0 Å². The third-order valence-corrected chi connectivity index (χ3v) is 4.81. The minimum atomic E-state index is -1.55. The van der Waals surface area contributed by atoms with Gasteiger partial charge in [0.15, 0.2) is 6.29 Å². The summed E-state index contributed by atoms with van der Waals surface area (Å²) in [6.45, 7) is 3.19. The van der Waals surface area contributed by atoms with Crippen molar-refractivity contribution in [1.29, 1.82) is 0 Å². The molecule has 9 nitrogen and oxygen atoms in total. The third kappa shape index (κ3) is 4.50. The fraction of sp³-hybridized carbons (Fsp3) is 0.722. The Morgan fingerprint density at radius 2 is 1.96 bits per heavy atom. The Hall–Kier alpha value is -1.49. The van der Waals surface area contributed by atoms with Crippen molar-refractivity contribution < 1.29 is 44.2 Å². The van der Waals surface area contributed by atoms with E-state index in [4.69, 9.17) is 18.9 Å². The first kappa shape index (κ1) is 21.8. The molecule has 0 aliphatic carbocycles. The van der Waals surface area contributed by atoms with Gasteiger partial charge in [-0.2, -0.15) is 0 Å². The second kappa shape index (κ2) is 9.63. The Morgan fingerprint density at radius 3 is 2.52 bits per heavy atom. The molecule has 0 unspecified atom stereocenters. The highest BCUT2D eigenvalue weighted by Crippen LogP contribution is 2.36. The molecule has 0 bridgehead atoms. The topological polar surface area (TPSA) is 135 Å². The molecule has 4 N–H and O–H groups in total. The minimum absolute atomic E-state index is 0.295. The van der Waals surface area contributed by atoms with Crippen molar-refractivity contribution in [2.75, 3.05) is 13.7 Å². The number of carbonyl (C=O) groups is 1. The molecule has 2 rings (SSSR count). The molecular formula is C18H28O9. The average Bonchev–Trinajstić information content (AvgIpc) is 2.68. The zero-order valence-corrected chi connectivity index (χ0v) is 15.6. The van der Waals surface area contributed by atoms with Crippen LogP contribution in [0.15, 0.2) is 23.5 Å². The summed E-state index contributed by atoms with van der Waals surface area (Å²) in [6, 6.07) is 0. The van der Waals surface area contributed by atoms with E-state index in [1.807, 2.05) is 6.92 Å². The largest absolute Gasteiger partial charge is 0.468 e. The molecule has 0 amide bonds. The lowest BCUT2D eigenvalue weighted by Crippen LogP contribution is -2.60. The maximum atomic E-state index is 12.0. The first-order valence-electron chi connectivity index (χ1n) is 8.95. The zero-order valence-electron chi connectivity index (χ0n) is 15.6. The summed E-state index contributed by atoms with van der Waals surface area (Å²) in [5.74, 6) is -0.796. The van der Waals surface area contributed by atoms with E-state index in [1.165, 1.54) is 13.4 Å². The second-order valence-electron chi connectivity index (χ2n) is 6.50. The monoisotopic (exact) mass is 388 g/mol. The summed E-state index contributed by atoms with van der Waals surface area (Å²) < 4.78 is 21.4. The van der Waals surface area contributed by atoms with E-state index in [-0.39, 0.29) is 5.92 Å². The molecule has 7 atom stereocenters. The van der Waals surface area contributed by atoms with Crippen molar-refractivity contribution in [2.24, 2.45) is 5.92 Å². The Balaban J connectivity index is 2.22. The molecule has 0 saturated carbocycles. The van der Waals surface area contributed by atoms with E-state index in [9.17, 15) is 25.2 Å². The highest BCUT2D eigenvalue weighted by molar-refractivity contribution is 5.89. The molecule has 2 aliphatic rings. The summed E-state index contributed by atoms with van der Waals surface area (Å²) in [7, 11) is 1.29. The summed E-state index contributed by atoms with van der Waals surface area (Å²) in [4.78, 5) is 12.0. The van der Waals surface area contributed by atoms with Crippen LogP contribution >= 0.6 is 0 Å². The first-order valence-corrected chi connectivity index (χ1v) is 8.95. The third-order valence-electron chi connectivity index (χ3n) is 4.81. The predicted molar refractivity (Wildman–Crippen MR) is 92.0 cm³/mol. The summed E-state index contributed by atoms with van der Waals surface area (Å²) >= 11 is 0. The Kier molecular flexibility index (Phi) is 7.78. The van der Waals surface area contributed by atoms with Crippen molar-refractivity contribution in [3.8, 4) is 0 Å². The number of carbonyl (C=O) groups excluding carboxylic acids is 1. The number of allylic oxidation sites excluding steroid dienone is 1. The van der Waals surface area contributed by atoms with Gasteiger partial charge in [0, 0.05) is 11.5 Å². The number of hydrogen-bond donors (Lipinski definition) is 4. The van der Waals surface area contributed by atoms with Crippen molar-refractivity contribution >= 4 is 5.97 Å². The molecule has 0 aromatic carbocycles. The van der Waals surface area contributed by atoms with Crippen molar-refractivity contribution in [1.82, 2.24) is 0 Å². The molecule has 1 saturated heterocycles. The summed E-state index contributed by atoms with van der Waals surface area (Å²) in [5, 5.41) is 39.2. The van der Waals surface area contributed by atoms with Crippen LogP contribution in [-0.2, 0) is 23.7 Å².